The molecule has 0 fully saturated rings. The first kappa shape index (κ1) is 18.2. The number of rotatable bonds is 5. The highest BCUT2D eigenvalue weighted by atomic mass is 32.1. The molecule has 6 nitrogen and oxygen atoms in total. The molecule has 0 spiro atoms. The van der Waals surface area contributed by atoms with Gasteiger partial charge in [-0.05, 0) is 48.8 Å². The molecule has 1 aliphatic rings. The topological polar surface area (TPSA) is 53.9 Å². The SMILES string of the molecule is COc1ccc(-c2nn(C[NH+]3CCc4sccc4[C@@H]3C)c(=S)o2)cc1OC. The molecule has 0 saturated heterocycles. The third-order valence-corrected chi connectivity index (χ3v) is 6.41. The minimum Gasteiger partial charge on any atom is -0.493 e. The van der Waals surface area contributed by atoms with Crippen molar-refractivity contribution in [3.63, 3.8) is 0 Å². The summed E-state index contributed by atoms with van der Waals surface area (Å²) in [5.41, 5.74) is 2.25. The highest BCUT2D eigenvalue weighted by Gasteiger charge is 2.29. The van der Waals surface area contributed by atoms with Gasteiger partial charge in [0, 0.05) is 22.4 Å². The third kappa shape index (κ3) is 3.40. The van der Waals surface area contributed by atoms with Gasteiger partial charge in [-0.25, -0.2) is 0 Å². The Labute approximate surface area is 166 Å². The first-order chi connectivity index (χ1) is 13.1. The molecule has 1 N–H and O–H groups in total. The average molecular weight is 405 g/mol. The molecular weight excluding hydrogens is 382 g/mol. The van der Waals surface area contributed by atoms with Crippen molar-refractivity contribution in [2.24, 2.45) is 0 Å². The van der Waals surface area contributed by atoms with E-state index in [2.05, 4.69) is 23.5 Å². The smallest absolute Gasteiger partial charge is 0.292 e. The fourth-order valence-corrected chi connectivity index (χ4v) is 4.71. The van der Waals surface area contributed by atoms with Crippen molar-refractivity contribution in [1.29, 1.82) is 0 Å². The maximum atomic E-state index is 5.76. The number of quaternary nitrogens is 1. The minimum atomic E-state index is 0.385. The lowest BCUT2D eigenvalue weighted by Crippen LogP contribution is -3.12. The number of ether oxygens (including phenoxy) is 2. The van der Waals surface area contributed by atoms with Crippen molar-refractivity contribution in [2.75, 3.05) is 20.8 Å². The van der Waals surface area contributed by atoms with Gasteiger partial charge >= 0.3 is 0 Å². The van der Waals surface area contributed by atoms with Crippen LogP contribution in [0.2, 0.25) is 0 Å². The Morgan fingerprint density at radius 1 is 1.30 bits per heavy atom. The molecule has 1 unspecified atom stereocenters. The summed E-state index contributed by atoms with van der Waals surface area (Å²) < 4.78 is 18.2. The predicted molar refractivity (Wildman–Crippen MR) is 106 cm³/mol. The highest BCUT2D eigenvalue weighted by Crippen LogP contribution is 2.31. The van der Waals surface area contributed by atoms with E-state index in [9.17, 15) is 0 Å². The molecule has 3 heterocycles. The van der Waals surface area contributed by atoms with E-state index in [1.807, 2.05) is 29.5 Å². The summed E-state index contributed by atoms with van der Waals surface area (Å²) in [4.78, 5) is 3.32. The van der Waals surface area contributed by atoms with E-state index < -0.39 is 0 Å². The third-order valence-electron chi connectivity index (χ3n) is 5.12. The lowest BCUT2D eigenvalue weighted by atomic mass is 10.0. The van der Waals surface area contributed by atoms with Gasteiger partial charge < -0.3 is 18.8 Å². The molecular formula is C19H22N3O3S2+. The summed E-state index contributed by atoms with van der Waals surface area (Å²) in [6.45, 7) is 4.01. The molecule has 27 heavy (non-hydrogen) atoms. The molecule has 1 aliphatic heterocycles. The maximum Gasteiger partial charge on any atom is 0.292 e. The van der Waals surface area contributed by atoms with E-state index in [-0.39, 0.29) is 0 Å². The van der Waals surface area contributed by atoms with Crippen LogP contribution in [0.15, 0.2) is 34.1 Å². The molecule has 8 heteroatoms. The fraction of sp³-hybridized carbons (Fsp3) is 0.368. The Morgan fingerprint density at radius 2 is 2.11 bits per heavy atom. The van der Waals surface area contributed by atoms with Crippen molar-refractivity contribution >= 4 is 23.6 Å². The maximum absolute atomic E-state index is 5.76. The van der Waals surface area contributed by atoms with Crippen molar-refractivity contribution in [3.05, 3.63) is 44.9 Å². The molecule has 0 radical (unpaired) electrons. The molecule has 0 aliphatic carbocycles. The zero-order valence-corrected chi connectivity index (χ0v) is 17.2. The number of methoxy groups -OCH3 is 2. The zero-order chi connectivity index (χ0) is 19.0. The van der Waals surface area contributed by atoms with Gasteiger partial charge in [0.15, 0.2) is 18.2 Å². The summed E-state index contributed by atoms with van der Waals surface area (Å²) >= 11 is 7.27. The first-order valence-corrected chi connectivity index (χ1v) is 10.1. The molecule has 142 valence electrons. The summed E-state index contributed by atoms with van der Waals surface area (Å²) in [6, 6.07) is 8.23. The molecule has 1 aromatic carbocycles. The Bertz CT molecular complexity index is 1010. The number of aromatic nitrogens is 2. The molecule has 4 rings (SSSR count). The number of hydrogen-bond acceptors (Lipinski definition) is 6. The summed E-state index contributed by atoms with van der Waals surface area (Å²) in [5, 5.41) is 6.80. The zero-order valence-electron chi connectivity index (χ0n) is 15.5. The van der Waals surface area contributed by atoms with Crippen LogP contribution in [0, 0.1) is 4.84 Å². The van der Waals surface area contributed by atoms with E-state index in [0.29, 0.717) is 34.9 Å². The summed E-state index contributed by atoms with van der Waals surface area (Å²) in [7, 11) is 3.22. The minimum absolute atomic E-state index is 0.385. The van der Waals surface area contributed by atoms with Crippen LogP contribution in [0.1, 0.15) is 23.4 Å². The van der Waals surface area contributed by atoms with Gasteiger partial charge in [-0.2, -0.15) is 4.68 Å². The Kier molecular flexibility index (Phi) is 5.03. The number of thiophene rings is 1. The van der Waals surface area contributed by atoms with Crippen molar-refractivity contribution in [3.8, 4) is 23.0 Å². The number of nitrogens with one attached hydrogen (secondary N) is 1. The molecule has 2 atom stereocenters. The normalized spacial score (nSPS) is 18.9. The van der Waals surface area contributed by atoms with Crippen LogP contribution in [-0.4, -0.2) is 30.5 Å². The van der Waals surface area contributed by atoms with E-state index in [0.717, 1.165) is 18.5 Å². The lowest BCUT2D eigenvalue weighted by Gasteiger charge is -2.29. The second-order valence-electron chi connectivity index (χ2n) is 6.58. The largest absolute Gasteiger partial charge is 0.493 e. The number of fused-ring (bicyclic) bond motifs is 1. The van der Waals surface area contributed by atoms with E-state index >= 15 is 0 Å². The molecule has 3 aromatic rings. The van der Waals surface area contributed by atoms with Crippen molar-refractivity contribution < 1.29 is 18.8 Å². The summed E-state index contributed by atoms with van der Waals surface area (Å²) in [6.07, 6.45) is 1.10. The van der Waals surface area contributed by atoms with Gasteiger partial charge in [0.2, 0.25) is 5.89 Å². The van der Waals surface area contributed by atoms with Gasteiger partial charge in [-0.1, -0.05) is 0 Å². The van der Waals surface area contributed by atoms with Crippen LogP contribution in [0.5, 0.6) is 11.5 Å². The molecule has 0 saturated carbocycles. The second-order valence-corrected chi connectivity index (χ2v) is 7.93. The predicted octanol–water partition coefficient (Wildman–Crippen LogP) is 3.11. The van der Waals surface area contributed by atoms with Crippen LogP contribution in [-0.2, 0) is 13.1 Å². The monoisotopic (exact) mass is 404 g/mol. The van der Waals surface area contributed by atoms with Gasteiger partial charge in [-0.3, -0.25) is 0 Å². The van der Waals surface area contributed by atoms with Gasteiger partial charge in [0.05, 0.1) is 20.8 Å². The first-order valence-electron chi connectivity index (χ1n) is 8.82. The van der Waals surface area contributed by atoms with Gasteiger partial charge in [0.25, 0.3) is 4.84 Å². The number of nitrogens with zero attached hydrogens (tertiary/aromatic N) is 2. The van der Waals surface area contributed by atoms with E-state index in [4.69, 9.17) is 26.1 Å². The van der Waals surface area contributed by atoms with Crippen LogP contribution < -0.4 is 14.4 Å². The van der Waals surface area contributed by atoms with Gasteiger partial charge in [-0.15, -0.1) is 16.4 Å². The van der Waals surface area contributed by atoms with E-state index in [1.54, 1.807) is 18.9 Å². The molecule has 0 bridgehead atoms. The summed E-state index contributed by atoms with van der Waals surface area (Å²) in [5.74, 6) is 1.78. The standard InChI is InChI=1S/C19H21N3O3S2/c1-12-14-7-9-27-17(14)6-8-21(12)11-22-19(26)25-18(20-22)13-4-5-15(23-2)16(10-13)24-3/h4-5,7,9-10,12H,6,8,11H2,1-3H3/p+1/t12-/m0/s1. The quantitative estimate of drug-likeness (QED) is 0.662. The Morgan fingerprint density at radius 3 is 2.89 bits per heavy atom. The number of benzene rings is 1. The molecule has 0 amide bonds. The molecule has 2 aromatic heterocycles. The second kappa shape index (κ2) is 7.46. The van der Waals surface area contributed by atoms with Crippen LogP contribution >= 0.6 is 23.6 Å². The van der Waals surface area contributed by atoms with Gasteiger partial charge in [0.1, 0.15) is 6.04 Å². The highest BCUT2D eigenvalue weighted by molar-refractivity contribution is 7.71. The van der Waals surface area contributed by atoms with Crippen LogP contribution in [0.25, 0.3) is 11.5 Å². The number of hydrogen-bond donors (Lipinski definition) is 1. The Balaban J connectivity index is 1.58. The van der Waals surface area contributed by atoms with Crippen molar-refractivity contribution in [1.82, 2.24) is 9.78 Å². The van der Waals surface area contributed by atoms with E-state index in [1.165, 1.54) is 15.3 Å². The van der Waals surface area contributed by atoms with Crippen LogP contribution in [0.3, 0.4) is 0 Å². The fourth-order valence-electron chi connectivity index (χ4n) is 3.55. The Hall–Kier alpha value is -2.16. The van der Waals surface area contributed by atoms with Crippen molar-refractivity contribution in [2.45, 2.75) is 26.1 Å². The van der Waals surface area contributed by atoms with Crippen LogP contribution in [0.4, 0.5) is 0 Å². The average Bonchev–Trinajstić information content (AvgIpc) is 3.31. The lowest BCUT2D eigenvalue weighted by molar-refractivity contribution is -0.954.